The molecule has 7 nitrogen and oxygen atoms in total. The van der Waals surface area contributed by atoms with Gasteiger partial charge in [0.1, 0.15) is 11.6 Å². The molecule has 0 aromatic carbocycles. The molecule has 0 radical (unpaired) electrons. The fourth-order valence-corrected chi connectivity index (χ4v) is 3.79. The third-order valence-corrected chi connectivity index (χ3v) is 5.40. The summed E-state index contributed by atoms with van der Waals surface area (Å²) in [5.74, 6) is -1.26. The third-order valence-electron chi connectivity index (χ3n) is 4.40. The number of ether oxygens (including phenoxy) is 1. The number of carboxylic acid groups (broad SMARTS) is 1. The highest BCUT2D eigenvalue weighted by molar-refractivity contribution is 7.13. The maximum absolute atomic E-state index is 12.3. The molecular formula is C19H28N2O5S. The van der Waals surface area contributed by atoms with Gasteiger partial charge < -0.3 is 20.1 Å². The predicted molar refractivity (Wildman–Crippen MR) is 103 cm³/mol. The summed E-state index contributed by atoms with van der Waals surface area (Å²) in [5.41, 5.74) is -0.535. The number of nitrogens with one attached hydrogen (secondary N) is 1. The molecule has 1 unspecified atom stereocenters. The lowest BCUT2D eigenvalue weighted by molar-refractivity contribution is -0.139. The highest BCUT2D eigenvalue weighted by Gasteiger charge is 2.30. The molecule has 0 aliphatic carbocycles. The maximum Gasteiger partial charge on any atom is 0.410 e. The van der Waals surface area contributed by atoms with Gasteiger partial charge in [0.05, 0.1) is 4.88 Å². The predicted octanol–water partition coefficient (Wildman–Crippen LogP) is 3.28. The average Bonchev–Trinajstić information content (AvgIpc) is 2.99. The van der Waals surface area contributed by atoms with Gasteiger partial charge in [-0.05, 0) is 65.0 Å². The molecule has 1 aliphatic heterocycles. The molecule has 1 aromatic heterocycles. The number of nitrogens with zero attached hydrogens (tertiary/aromatic N) is 1. The van der Waals surface area contributed by atoms with Crippen molar-refractivity contribution in [3.63, 3.8) is 0 Å². The zero-order valence-corrected chi connectivity index (χ0v) is 17.1. The van der Waals surface area contributed by atoms with Crippen molar-refractivity contribution >= 4 is 29.3 Å². The summed E-state index contributed by atoms with van der Waals surface area (Å²) in [4.78, 5) is 39.1. The Labute approximate surface area is 163 Å². The normalized spacial score (nSPS) is 16.7. The van der Waals surface area contributed by atoms with E-state index >= 15 is 0 Å². The van der Waals surface area contributed by atoms with Gasteiger partial charge in [0.15, 0.2) is 0 Å². The second kappa shape index (κ2) is 8.73. The van der Waals surface area contributed by atoms with Crippen molar-refractivity contribution in [2.24, 2.45) is 5.92 Å². The highest BCUT2D eigenvalue weighted by Crippen LogP contribution is 2.24. The van der Waals surface area contributed by atoms with Crippen molar-refractivity contribution in [3.8, 4) is 0 Å². The van der Waals surface area contributed by atoms with Crippen molar-refractivity contribution in [3.05, 3.63) is 21.9 Å². The van der Waals surface area contributed by atoms with Gasteiger partial charge in [-0.1, -0.05) is 0 Å². The lowest BCUT2D eigenvalue weighted by Gasteiger charge is -2.34. The van der Waals surface area contributed by atoms with E-state index in [0.29, 0.717) is 37.2 Å². The minimum atomic E-state index is -1.04. The van der Waals surface area contributed by atoms with Crippen LogP contribution in [0.25, 0.3) is 0 Å². The van der Waals surface area contributed by atoms with E-state index in [9.17, 15) is 19.5 Å². The molecule has 27 heavy (non-hydrogen) atoms. The van der Waals surface area contributed by atoms with Gasteiger partial charge in [-0.3, -0.25) is 4.79 Å². The zero-order valence-electron chi connectivity index (χ0n) is 16.3. The number of aryl methyl sites for hydroxylation is 1. The number of amides is 2. The first-order valence-electron chi connectivity index (χ1n) is 9.13. The smallest absolute Gasteiger partial charge is 0.410 e. The monoisotopic (exact) mass is 396 g/mol. The van der Waals surface area contributed by atoms with Crippen LogP contribution in [0.2, 0.25) is 0 Å². The Morgan fingerprint density at radius 3 is 2.41 bits per heavy atom. The minimum absolute atomic E-state index is 0.134. The van der Waals surface area contributed by atoms with E-state index in [-0.39, 0.29) is 17.9 Å². The summed E-state index contributed by atoms with van der Waals surface area (Å²) in [6, 6.07) is 2.60. The van der Waals surface area contributed by atoms with Gasteiger partial charge in [0.2, 0.25) is 0 Å². The Kier molecular flexibility index (Phi) is 6.86. The van der Waals surface area contributed by atoms with Crippen molar-refractivity contribution in [2.75, 3.05) is 13.1 Å². The van der Waals surface area contributed by atoms with Gasteiger partial charge in [0, 0.05) is 18.0 Å². The number of hydrogen-bond donors (Lipinski definition) is 2. The Bertz CT molecular complexity index is 687. The standard InChI is InChI=1S/C19H28N2O5S/c1-12-5-6-15(27-12)16(22)20-14(17(23)24)11-13-7-9-21(10-8-13)18(25)26-19(2,3)4/h5-6,13-14H,7-11H2,1-4H3,(H,20,22)(H,23,24). The third kappa shape index (κ3) is 6.53. The van der Waals surface area contributed by atoms with Crippen molar-refractivity contribution in [1.82, 2.24) is 10.2 Å². The average molecular weight is 397 g/mol. The van der Waals surface area contributed by atoms with E-state index in [0.717, 1.165) is 4.88 Å². The summed E-state index contributed by atoms with van der Waals surface area (Å²) < 4.78 is 5.37. The van der Waals surface area contributed by atoms with Gasteiger partial charge in [-0.25, -0.2) is 9.59 Å². The van der Waals surface area contributed by atoms with Gasteiger partial charge in [-0.15, -0.1) is 11.3 Å². The molecule has 0 saturated carbocycles. The number of aliphatic carboxylic acids is 1. The van der Waals surface area contributed by atoms with Crippen LogP contribution >= 0.6 is 11.3 Å². The number of carboxylic acids is 1. The second-order valence-corrected chi connectivity index (χ2v) is 9.21. The number of piperidine rings is 1. The van der Waals surface area contributed by atoms with Crippen LogP contribution in [0.4, 0.5) is 4.79 Å². The Hall–Kier alpha value is -2.09. The number of carbonyl (C=O) groups is 3. The van der Waals surface area contributed by atoms with Crippen LogP contribution in [0.3, 0.4) is 0 Å². The van der Waals surface area contributed by atoms with Crippen molar-refractivity contribution < 1.29 is 24.2 Å². The first kappa shape index (κ1) is 21.2. The summed E-state index contributed by atoms with van der Waals surface area (Å²) >= 11 is 1.34. The minimum Gasteiger partial charge on any atom is -0.480 e. The number of carbonyl (C=O) groups excluding carboxylic acids is 2. The molecule has 1 fully saturated rings. The van der Waals surface area contributed by atoms with Crippen LogP contribution in [0, 0.1) is 12.8 Å². The molecule has 0 spiro atoms. The summed E-state index contributed by atoms with van der Waals surface area (Å²) in [6.07, 6.45) is 1.40. The van der Waals surface area contributed by atoms with Gasteiger partial charge in [-0.2, -0.15) is 0 Å². The highest BCUT2D eigenvalue weighted by atomic mass is 32.1. The lowest BCUT2D eigenvalue weighted by Crippen LogP contribution is -2.45. The van der Waals surface area contributed by atoms with E-state index in [2.05, 4.69) is 5.32 Å². The van der Waals surface area contributed by atoms with E-state index < -0.39 is 17.6 Å². The topological polar surface area (TPSA) is 95.9 Å². The van der Waals surface area contributed by atoms with Crippen LogP contribution in [-0.4, -0.2) is 52.7 Å². The van der Waals surface area contributed by atoms with E-state index in [1.54, 1.807) is 11.0 Å². The molecule has 150 valence electrons. The van der Waals surface area contributed by atoms with Crippen molar-refractivity contribution in [2.45, 2.75) is 58.6 Å². The van der Waals surface area contributed by atoms with E-state index in [1.165, 1.54) is 11.3 Å². The van der Waals surface area contributed by atoms with Crippen LogP contribution < -0.4 is 5.32 Å². The number of thiophene rings is 1. The van der Waals surface area contributed by atoms with Crippen LogP contribution in [0.1, 0.15) is 54.6 Å². The Morgan fingerprint density at radius 2 is 1.93 bits per heavy atom. The SMILES string of the molecule is Cc1ccc(C(=O)NC(CC2CCN(C(=O)OC(C)(C)C)CC2)C(=O)O)s1. The summed E-state index contributed by atoms with van der Waals surface area (Å²) in [5, 5.41) is 12.1. The fourth-order valence-electron chi connectivity index (χ4n) is 3.02. The summed E-state index contributed by atoms with van der Waals surface area (Å²) in [7, 11) is 0. The quantitative estimate of drug-likeness (QED) is 0.796. The number of likely N-dealkylation sites (tertiary alicyclic amines) is 1. The zero-order chi connectivity index (χ0) is 20.2. The Balaban J connectivity index is 1.86. The molecule has 8 heteroatoms. The molecule has 1 aromatic rings. The molecule has 2 N–H and O–H groups in total. The second-order valence-electron chi connectivity index (χ2n) is 7.92. The first-order chi connectivity index (χ1) is 12.5. The molecule has 1 saturated heterocycles. The maximum atomic E-state index is 12.3. The van der Waals surface area contributed by atoms with Crippen LogP contribution in [-0.2, 0) is 9.53 Å². The fraction of sp³-hybridized carbons (Fsp3) is 0.632. The first-order valence-corrected chi connectivity index (χ1v) is 9.95. The van der Waals surface area contributed by atoms with E-state index in [4.69, 9.17) is 4.74 Å². The van der Waals surface area contributed by atoms with Crippen LogP contribution in [0.15, 0.2) is 12.1 Å². The molecule has 2 rings (SSSR count). The van der Waals surface area contributed by atoms with Crippen LogP contribution in [0.5, 0.6) is 0 Å². The van der Waals surface area contributed by atoms with Gasteiger partial charge in [0.25, 0.3) is 5.91 Å². The molecule has 2 amide bonds. The lowest BCUT2D eigenvalue weighted by atomic mass is 9.90. The Morgan fingerprint density at radius 1 is 1.30 bits per heavy atom. The van der Waals surface area contributed by atoms with Crippen molar-refractivity contribution in [1.29, 1.82) is 0 Å². The molecule has 0 bridgehead atoms. The molecular weight excluding hydrogens is 368 g/mol. The molecule has 1 atom stereocenters. The van der Waals surface area contributed by atoms with E-state index in [1.807, 2.05) is 33.8 Å². The van der Waals surface area contributed by atoms with Gasteiger partial charge >= 0.3 is 12.1 Å². The summed E-state index contributed by atoms with van der Waals surface area (Å²) in [6.45, 7) is 8.44. The number of rotatable bonds is 5. The largest absolute Gasteiger partial charge is 0.480 e. The number of hydrogen-bond acceptors (Lipinski definition) is 5. The molecule has 2 heterocycles. The molecule has 1 aliphatic rings.